The van der Waals surface area contributed by atoms with Gasteiger partial charge in [0, 0.05) is 62.7 Å². The number of methoxy groups -OCH3 is 2. The van der Waals surface area contributed by atoms with Gasteiger partial charge in [-0.25, -0.2) is 9.78 Å². The van der Waals surface area contributed by atoms with Crippen LogP contribution in [-0.4, -0.2) is 78.9 Å². The van der Waals surface area contributed by atoms with Crippen LogP contribution < -0.4 is 9.47 Å². The predicted molar refractivity (Wildman–Crippen MR) is 179 cm³/mol. The molecule has 1 amide bonds. The van der Waals surface area contributed by atoms with Crippen molar-refractivity contribution in [3.8, 4) is 22.9 Å². The van der Waals surface area contributed by atoms with Crippen molar-refractivity contribution in [1.82, 2.24) is 14.5 Å². The number of carboxylic acid groups (broad SMARTS) is 1. The Hall–Kier alpha value is -4.38. The van der Waals surface area contributed by atoms with Crippen LogP contribution in [0.1, 0.15) is 41.9 Å². The topological polar surface area (TPSA) is 105 Å². The van der Waals surface area contributed by atoms with Gasteiger partial charge in [-0.15, -0.1) is 0 Å². The molecule has 1 aliphatic rings. The Morgan fingerprint density at radius 1 is 0.957 bits per heavy atom. The Morgan fingerprint density at radius 3 is 2.62 bits per heavy atom. The molecule has 0 saturated carbocycles. The highest BCUT2D eigenvalue weighted by atomic mass is 16.5. The summed E-state index contributed by atoms with van der Waals surface area (Å²) in [6.45, 7) is 4.28. The molecule has 0 spiro atoms. The van der Waals surface area contributed by atoms with Crippen LogP contribution in [0.15, 0.2) is 85.2 Å². The standard InChI is InChI=1S/C37H45N3O7/c1-43-21-6-18-39-20-17-38-36(39)30-10-5-8-28(24-30)26-47-35-25-40(37(41)42)19-16-33(35)29-12-14-32(15-13-29)46-23-7-22-45-27-31-9-3-4-11-34(31)44-2/h3-5,8-15,17,20,24,33,35H,6-7,16,18-19,21-23,25-27H2,1-2H3,(H,41,42). The third-order valence-corrected chi connectivity index (χ3v) is 8.40. The summed E-state index contributed by atoms with van der Waals surface area (Å²) in [4.78, 5) is 17.9. The fraction of sp³-hybridized carbons (Fsp3) is 0.405. The summed E-state index contributed by atoms with van der Waals surface area (Å²) in [6.07, 6.45) is 4.93. The smallest absolute Gasteiger partial charge is 0.407 e. The van der Waals surface area contributed by atoms with Crippen molar-refractivity contribution in [3.63, 3.8) is 0 Å². The molecule has 5 rings (SSSR count). The van der Waals surface area contributed by atoms with E-state index in [1.807, 2.05) is 67.0 Å². The number of ether oxygens (including phenoxy) is 5. The minimum absolute atomic E-state index is 0.0610. The van der Waals surface area contributed by atoms with Crippen LogP contribution in [0.4, 0.5) is 4.79 Å². The number of nitrogens with zero attached hydrogens (tertiary/aromatic N) is 3. The average molecular weight is 644 g/mol. The van der Waals surface area contributed by atoms with Crippen molar-refractivity contribution in [3.05, 3.63) is 102 Å². The second kappa shape index (κ2) is 17.5. The van der Waals surface area contributed by atoms with E-state index in [-0.39, 0.29) is 12.0 Å². The summed E-state index contributed by atoms with van der Waals surface area (Å²) in [5, 5.41) is 9.72. The van der Waals surface area contributed by atoms with Crippen LogP contribution >= 0.6 is 0 Å². The molecule has 0 aliphatic carbocycles. The van der Waals surface area contributed by atoms with E-state index in [0.29, 0.717) is 52.5 Å². The molecule has 2 heterocycles. The summed E-state index contributed by atoms with van der Waals surface area (Å²) >= 11 is 0. The zero-order chi connectivity index (χ0) is 32.8. The molecule has 2 atom stereocenters. The van der Waals surface area contributed by atoms with Gasteiger partial charge < -0.3 is 38.3 Å². The molecular weight excluding hydrogens is 598 g/mol. The number of para-hydroxylation sites is 1. The maximum absolute atomic E-state index is 11.9. The number of likely N-dealkylation sites (tertiary alicyclic amines) is 1. The van der Waals surface area contributed by atoms with Crippen LogP contribution in [0.25, 0.3) is 11.4 Å². The van der Waals surface area contributed by atoms with E-state index in [4.69, 9.17) is 23.7 Å². The number of hydrogen-bond donors (Lipinski definition) is 1. The molecule has 1 N–H and O–H groups in total. The van der Waals surface area contributed by atoms with Crippen LogP contribution in [0.2, 0.25) is 0 Å². The van der Waals surface area contributed by atoms with Gasteiger partial charge in [0.15, 0.2) is 0 Å². The molecule has 1 aliphatic heterocycles. The highest BCUT2D eigenvalue weighted by molar-refractivity contribution is 5.65. The van der Waals surface area contributed by atoms with E-state index in [1.54, 1.807) is 14.2 Å². The highest BCUT2D eigenvalue weighted by Gasteiger charge is 2.33. The number of hydrogen-bond acceptors (Lipinski definition) is 7. The molecular formula is C37H45N3O7. The van der Waals surface area contributed by atoms with E-state index in [1.165, 1.54) is 4.90 Å². The number of aryl methyl sites for hydroxylation is 1. The van der Waals surface area contributed by atoms with E-state index in [0.717, 1.165) is 59.0 Å². The Morgan fingerprint density at radius 2 is 1.81 bits per heavy atom. The van der Waals surface area contributed by atoms with Crippen LogP contribution in [0, 0.1) is 0 Å². The van der Waals surface area contributed by atoms with E-state index in [9.17, 15) is 9.90 Å². The lowest BCUT2D eigenvalue weighted by Gasteiger charge is -2.37. The zero-order valence-corrected chi connectivity index (χ0v) is 27.3. The number of aromatic nitrogens is 2. The Kier molecular flexibility index (Phi) is 12.7. The SMILES string of the molecule is COCCCn1ccnc1-c1cccc(COC2CN(C(=O)O)CCC2c2ccc(OCCCOCc3ccccc3OC)cc2)c1. The second-order valence-electron chi connectivity index (χ2n) is 11.6. The van der Waals surface area contributed by atoms with Crippen molar-refractivity contribution < 1.29 is 33.6 Å². The van der Waals surface area contributed by atoms with Crippen molar-refractivity contribution in [2.45, 2.75) is 51.0 Å². The van der Waals surface area contributed by atoms with Crippen molar-refractivity contribution in [1.29, 1.82) is 0 Å². The second-order valence-corrected chi connectivity index (χ2v) is 11.6. The van der Waals surface area contributed by atoms with Crippen LogP contribution in [-0.2, 0) is 34.0 Å². The normalized spacial score (nSPS) is 16.3. The van der Waals surface area contributed by atoms with Gasteiger partial charge in [0.25, 0.3) is 0 Å². The fourth-order valence-electron chi connectivity index (χ4n) is 5.94. The number of amides is 1. The summed E-state index contributed by atoms with van der Waals surface area (Å²) < 4.78 is 31.0. The molecule has 10 nitrogen and oxygen atoms in total. The maximum atomic E-state index is 11.9. The third-order valence-electron chi connectivity index (χ3n) is 8.40. The van der Waals surface area contributed by atoms with Gasteiger partial charge in [0.2, 0.25) is 0 Å². The predicted octanol–water partition coefficient (Wildman–Crippen LogP) is 6.63. The van der Waals surface area contributed by atoms with Crippen molar-refractivity contribution in [2.24, 2.45) is 0 Å². The minimum atomic E-state index is -0.921. The first-order valence-corrected chi connectivity index (χ1v) is 16.2. The Labute approximate surface area is 276 Å². The quantitative estimate of drug-likeness (QED) is 0.128. The molecule has 10 heteroatoms. The number of piperidine rings is 1. The molecule has 1 saturated heterocycles. The van der Waals surface area contributed by atoms with Gasteiger partial charge in [-0.05, 0) is 48.2 Å². The van der Waals surface area contributed by atoms with Gasteiger partial charge in [-0.2, -0.15) is 0 Å². The Balaban J connectivity index is 1.15. The molecule has 1 aromatic heterocycles. The Bertz CT molecular complexity index is 1540. The summed E-state index contributed by atoms with van der Waals surface area (Å²) in [5.74, 6) is 2.58. The zero-order valence-electron chi connectivity index (χ0n) is 27.3. The molecule has 2 unspecified atom stereocenters. The molecule has 0 bridgehead atoms. The molecule has 4 aromatic rings. The van der Waals surface area contributed by atoms with E-state index >= 15 is 0 Å². The van der Waals surface area contributed by atoms with Gasteiger partial charge in [-0.1, -0.05) is 48.5 Å². The molecule has 250 valence electrons. The largest absolute Gasteiger partial charge is 0.496 e. The van der Waals surface area contributed by atoms with Gasteiger partial charge >= 0.3 is 6.09 Å². The van der Waals surface area contributed by atoms with Crippen molar-refractivity contribution in [2.75, 3.05) is 47.1 Å². The summed E-state index contributed by atoms with van der Waals surface area (Å²) in [5.41, 5.74) is 4.16. The lowest BCUT2D eigenvalue weighted by molar-refractivity contribution is -0.0199. The first kappa shape index (κ1) is 34.0. The average Bonchev–Trinajstić information content (AvgIpc) is 3.58. The number of imidazole rings is 1. The van der Waals surface area contributed by atoms with Gasteiger partial charge in [-0.3, -0.25) is 0 Å². The summed E-state index contributed by atoms with van der Waals surface area (Å²) in [6, 6.07) is 24.1. The first-order valence-electron chi connectivity index (χ1n) is 16.2. The lowest BCUT2D eigenvalue weighted by Crippen LogP contribution is -2.46. The number of benzene rings is 3. The minimum Gasteiger partial charge on any atom is -0.496 e. The first-order chi connectivity index (χ1) is 23.1. The fourth-order valence-corrected chi connectivity index (χ4v) is 5.94. The molecule has 0 radical (unpaired) electrons. The molecule has 3 aromatic carbocycles. The van der Waals surface area contributed by atoms with Crippen LogP contribution in [0.3, 0.4) is 0 Å². The number of rotatable bonds is 17. The van der Waals surface area contributed by atoms with Gasteiger partial charge in [0.05, 0.1) is 46.2 Å². The monoisotopic (exact) mass is 643 g/mol. The van der Waals surface area contributed by atoms with Crippen LogP contribution in [0.5, 0.6) is 11.5 Å². The molecule has 47 heavy (non-hydrogen) atoms. The third kappa shape index (κ3) is 9.57. The lowest BCUT2D eigenvalue weighted by atomic mass is 9.87. The number of carbonyl (C=O) groups is 1. The highest BCUT2D eigenvalue weighted by Crippen LogP contribution is 2.32. The van der Waals surface area contributed by atoms with Crippen molar-refractivity contribution >= 4 is 6.09 Å². The summed E-state index contributed by atoms with van der Waals surface area (Å²) in [7, 11) is 3.37. The molecule has 1 fully saturated rings. The van der Waals surface area contributed by atoms with Gasteiger partial charge in [0.1, 0.15) is 17.3 Å². The maximum Gasteiger partial charge on any atom is 0.407 e. The van der Waals surface area contributed by atoms with E-state index in [2.05, 4.69) is 27.8 Å². The van der Waals surface area contributed by atoms with E-state index < -0.39 is 6.09 Å².